The van der Waals surface area contributed by atoms with Gasteiger partial charge in [-0.1, -0.05) is 43.9 Å². The summed E-state index contributed by atoms with van der Waals surface area (Å²) >= 11 is 0. The third kappa shape index (κ3) is 4.40. The fourth-order valence-corrected chi connectivity index (χ4v) is 2.73. The van der Waals surface area contributed by atoms with Gasteiger partial charge in [0.05, 0.1) is 5.60 Å². The van der Waals surface area contributed by atoms with E-state index in [4.69, 9.17) is 0 Å². The molecule has 0 saturated heterocycles. The Labute approximate surface area is 120 Å². The van der Waals surface area contributed by atoms with Gasteiger partial charge in [0.2, 0.25) is 0 Å². The largest absolute Gasteiger partial charge is 0.388 e. The van der Waals surface area contributed by atoms with Crippen LogP contribution in [0.5, 0.6) is 0 Å². The van der Waals surface area contributed by atoms with E-state index in [-0.39, 0.29) is 5.91 Å². The average molecular weight is 271 g/mol. The molecule has 3 heteroatoms. The minimum atomic E-state index is -0.762. The monoisotopic (exact) mass is 271 g/mol. The van der Waals surface area contributed by atoms with Crippen LogP contribution >= 0.6 is 0 Å². The molecule has 0 radical (unpaired) electrons. The third-order valence-corrected chi connectivity index (χ3v) is 3.74. The highest BCUT2D eigenvalue weighted by Crippen LogP contribution is 2.31. The highest BCUT2D eigenvalue weighted by molar-refractivity contribution is 5.94. The third-order valence-electron chi connectivity index (χ3n) is 3.74. The lowest BCUT2D eigenvalue weighted by Gasteiger charge is -2.35. The summed E-state index contributed by atoms with van der Waals surface area (Å²) < 4.78 is 0. The molecule has 0 bridgehead atoms. The van der Waals surface area contributed by atoms with Crippen LogP contribution in [0.2, 0.25) is 0 Å². The lowest BCUT2D eigenvalue weighted by molar-refractivity contribution is -0.117. The molecule has 0 aromatic heterocycles. The van der Waals surface area contributed by atoms with Crippen LogP contribution in [0.15, 0.2) is 30.3 Å². The SMILES string of the molecule is CC1CCCC(O)(CNC(=O)C#Cc2ccccc2)C1. The number of rotatable bonds is 2. The van der Waals surface area contributed by atoms with Crippen molar-refractivity contribution >= 4 is 5.91 Å². The molecule has 1 aromatic carbocycles. The highest BCUT2D eigenvalue weighted by Gasteiger charge is 2.32. The number of benzene rings is 1. The molecule has 1 aromatic rings. The van der Waals surface area contributed by atoms with Gasteiger partial charge >= 0.3 is 0 Å². The summed E-state index contributed by atoms with van der Waals surface area (Å²) in [5, 5.41) is 13.1. The van der Waals surface area contributed by atoms with E-state index in [1.54, 1.807) is 0 Å². The zero-order valence-corrected chi connectivity index (χ0v) is 11.9. The lowest BCUT2D eigenvalue weighted by Crippen LogP contribution is -2.45. The van der Waals surface area contributed by atoms with Crippen LogP contribution in [-0.4, -0.2) is 23.2 Å². The van der Waals surface area contributed by atoms with E-state index in [1.807, 2.05) is 30.3 Å². The number of hydrogen-bond donors (Lipinski definition) is 2. The van der Waals surface area contributed by atoms with E-state index in [0.717, 1.165) is 31.2 Å². The summed E-state index contributed by atoms with van der Waals surface area (Å²) in [6.45, 7) is 2.43. The first-order chi connectivity index (χ1) is 9.57. The molecular weight excluding hydrogens is 250 g/mol. The first kappa shape index (κ1) is 14.6. The van der Waals surface area contributed by atoms with Gasteiger partial charge < -0.3 is 10.4 Å². The number of aliphatic hydroxyl groups is 1. The Morgan fingerprint density at radius 3 is 2.90 bits per heavy atom. The highest BCUT2D eigenvalue weighted by atomic mass is 16.3. The minimum Gasteiger partial charge on any atom is -0.388 e. The van der Waals surface area contributed by atoms with Gasteiger partial charge in [0.1, 0.15) is 0 Å². The van der Waals surface area contributed by atoms with E-state index < -0.39 is 5.60 Å². The quantitative estimate of drug-likeness (QED) is 0.809. The van der Waals surface area contributed by atoms with E-state index in [2.05, 4.69) is 24.1 Å². The van der Waals surface area contributed by atoms with Crippen molar-refractivity contribution in [2.45, 2.75) is 38.2 Å². The Morgan fingerprint density at radius 2 is 2.20 bits per heavy atom. The van der Waals surface area contributed by atoms with Gasteiger partial charge in [-0.25, -0.2) is 0 Å². The van der Waals surface area contributed by atoms with Crippen molar-refractivity contribution in [2.75, 3.05) is 6.54 Å². The Bertz CT molecular complexity index is 515. The number of amides is 1. The van der Waals surface area contributed by atoms with Crippen molar-refractivity contribution in [3.05, 3.63) is 35.9 Å². The molecule has 3 nitrogen and oxygen atoms in total. The first-order valence-corrected chi connectivity index (χ1v) is 7.15. The maximum Gasteiger partial charge on any atom is 0.296 e. The van der Waals surface area contributed by atoms with Gasteiger partial charge in [0, 0.05) is 18.0 Å². The Morgan fingerprint density at radius 1 is 1.45 bits per heavy atom. The zero-order chi connectivity index (χ0) is 14.4. The van der Waals surface area contributed by atoms with E-state index in [1.165, 1.54) is 0 Å². The van der Waals surface area contributed by atoms with Crippen LogP contribution in [0.1, 0.15) is 38.2 Å². The number of carbonyl (C=O) groups is 1. The summed E-state index contributed by atoms with van der Waals surface area (Å²) in [5.41, 5.74) is 0.0505. The van der Waals surface area contributed by atoms with Gasteiger partial charge in [-0.05, 0) is 30.9 Å². The molecule has 20 heavy (non-hydrogen) atoms. The van der Waals surface area contributed by atoms with Crippen LogP contribution in [0.3, 0.4) is 0 Å². The second kappa shape index (κ2) is 6.58. The van der Waals surface area contributed by atoms with Gasteiger partial charge in [-0.15, -0.1) is 0 Å². The topological polar surface area (TPSA) is 49.3 Å². The maximum atomic E-state index is 11.7. The molecule has 2 atom stereocenters. The summed E-state index contributed by atoms with van der Waals surface area (Å²) in [4.78, 5) is 11.7. The van der Waals surface area contributed by atoms with Crippen molar-refractivity contribution in [1.82, 2.24) is 5.32 Å². The first-order valence-electron chi connectivity index (χ1n) is 7.15. The molecule has 106 valence electrons. The van der Waals surface area contributed by atoms with E-state index in [9.17, 15) is 9.90 Å². The molecule has 0 aliphatic heterocycles. The average Bonchev–Trinajstić information content (AvgIpc) is 2.44. The molecule has 1 amide bonds. The van der Waals surface area contributed by atoms with Crippen molar-refractivity contribution < 1.29 is 9.90 Å². The maximum absolute atomic E-state index is 11.7. The predicted molar refractivity (Wildman–Crippen MR) is 78.9 cm³/mol. The smallest absolute Gasteiger partial charge is 0.296 e. The van der Waals surface area contributed by atoms with Crippen LogP contribution in [-0.2, 0) is 4.79 Å². The van der Waals surface area contributed by atoms with Gasteiger partial charge in [-0.2, -0.15) is 0 Å². The summed E-state index contributed by atoms with van der Waals surface area (Å²) in [7, 11) is 0. The van der Waals surface area contributed by atoms with Crippen molar-refractivity contribution in [2.24, 2.45) is 5.92 Å². The van der Waals surface area contributed by atoms with Crippen LogP contribution in [0.25, 0.3) is 0 Å². The Kier molecular flexibility index (Phi) is 4.81. The van der Waals surface area contributed by atoms with Gasteiger partial charge in [-0.3, -0.25) is 4.79 Å². The number of nitrogens with one attached hydrogen (secondary N) is 1. The van der Waals surface area contributed by atoms with Crippen LogP contribution < -0.4 is 5.32 Å². The van der Waals surface area contributed by atoms with Crippen molar-refractivity contribution in [3.8, 4) is 11.8 Å². The van der Waals surface area contributed by atoms with Crippen molar-refractivity contribution in [1.29, 1.82) is 0 Å². The Balaban J connectivity index is 1.85. The van der Waals surface area contributed by atoms with Crippen LogP contribution in [0, 0.1) is 17.8 Å². The Hall–Kier alpha value is -1.79. The molecule has 0 spiro atoms. The molecule has 0 heterocycles. The van der Waals surface area contributed by atoms with E-state index in [0.29, 0.717) is 12.5 Å². The molecule has 2 N–H and O–H groups in total. The number of hydrogen-bond acceptors (Lipinski definition) is 2. The van der Waals surface area contributed by atoms with Gasteiger partial charge in [0.15, 0.2) is 0 Å². The minimum absolute atomic E-state index is 0.291. The summed E-state index contributed by atoms with van der Waals surface area (Å²) in [6, 6.07) is 9.39. The van der Waals surface area contributed by atoms with Crippen LogP contribution in [0.4, 0.5) is 0 Å². The molecule has 1 saturated carbocycles. The zero-order valence-electron chi connectivity index (χ0n) is 11.9. The molecular formula is C17H21NO2. The van der Waals surface area contributed by atoms with E-state index >= 15 is 0 Å². The lowest BCUT2D eigenvalue weighted by atomic mass is 9.79. The second-order valence-corrected chi connectivity index (χ2v) is 5.72. The molecule has 2 unspecified atom stereocenters. The number of carbonyl (C=O) groups excluding carboxylic acids is 1. The molecule has 2 rings (SSSR count). The predicted octanol–water partition coefficient (Wildman–Crippen LogP) is 2.10. The molecule has 1 aliphatic rings. The fourth-order valence-electron chi connectivity index (χ4n) is 2.73. The summed E-state index contributed by atoms with van der Waals surface area (Å²) in [6.07, 6.45) is 3.68. The molecule has 1 fully saturated rings. The van der Waals surface area contributed by atoms with Crippen molar-refractivity contribution in [3.63, 3.8) is 0 Å². The summed E-state index contributed by atoms with van der Waals surface area (Å²) in [5.74, 6) is 5.55. The standard InChI is InChI=1S/C17H21NO2/c1-14-6-5-11-17(20,12-14)13-18-16(19)10-9-15-7-3-2-4-8-15/h2-4,7-8,14,20H,5-6,11-13H2,1H3,(H,18,19). The fraction of sp³-hybridized carbons (Fsp3) is 0.471. The normalized spacial score (nSPS) is 25.4. The van der Waals surface area contributed by atoms with Gasteiger partial charge in [0.25, 0.3) is 5.91 Å². The molecule has 1 aliphatic carbocycles. The second-order valence-electron chi connectivity index (χ2n) is 5.72.